The van der Waals surface area contributed by atoms with E-state index in [9.17, 15) is 0 Å². The van der Waals surface area contributed by atoms with Gasteiger partial charge < -0.3 is 5.32 Å². The van der Waals surface area contributed by atoms with E-state index in [0.717, 1.165) is 28.3 Å². The van der Waals surface area contributed by atoms with Gasteiger partial charge in [-0.05, 0) is 46.1 Å². The van der Waals surface area contributed by atoms with Crippen molar-refractivity contribution in [2.24, 2.45) is 0 Å². The zero-order valence-electron chi connectivity index (χ0n) is 9.46. The minimum atomic E-state index is 0.616. The van der Waals surface area contributed by atoms with Crippen LogP contribution < -0.4 is 5.32 Å². The molecular formula is C13H11BrCl2N2. The molecule has 0 amide bonds. The Morgan fingerprint density at radius 3 is 2.50 bits per heavy atom. The third kappa shape index (κ3) is 3.87. The minimum Gasteiger partial charge on any atom is -0.369 e. The summed E-state index contributed by atoms with van der Waals surface area (Å²) in [5.74, 6) is 0.799. The molecule has 0 aliphatic rings. The van der Waals surface area contributed by atoms with Crippen LogP contribution in [0.5, 0.6) is 0 Å². The van der Waals surface area contributed by atoms with Crippen molar-refractivity contribution in [3.05, 3.63) is 56.6 Å². The lowest BCUT2D eigenvalue weighted by Gasteiger charge is -2.07. The summed E-state index contributed by atoms with van der Waals surface area (Å²) >= 11 is 15.1. The van der Waals surface area contributed by atoms with Crippen molar-refractivity contribution in [1.82, 2.24) is 4.98 Å². The standard InChI is InChI=1S/C13H11BrCl2N2/c14-12-7-11(16)8-18-13(12)17-6-5-9-1-3-10(15)4-2-9/h1-4,7-8H,5-6H2,(H,17,18). The molecule has 0 atom stereocenters. The highest BCUT2D eigenvalue weighted by Gasteiger charge is 2.01. The predicted octanol–water partition coefficient (Wildman–Crippen LogP) is 4.81. The summed E-state index contributed by atoms with van der Waals surface area (Å²) in [5, 5.41) is 4.63. The van der Waals surface area contributed by atoms with E-state index in [1.807, 2.05) is 30.3 Å². The van der Waals surface area contributed by atoms with Gasteiger partial charge in [-0.1, -0.05) is 35.3 Å². The van der Waals surface area contributed by atoms with Crippen molar-refractivity contribution < 1.29 is 0 Å². The summed E-state index contributed by atoms with van der Waals surface area (Å²) in [6, 6.07) is 9.66. The lowest BCUT2D eigenvalue weighted by molar-refractivity contribution is 1.00. The Bertz CT molecular complexity index is 529. The highest BCUT2D eigenvalue weighted by molar-refractivity contribution is 9.10. The van der Waals surface area contributed by atoms with E-state index in [-0.39, 0.29) is 0 Å². The Balaban J connectivity index is 1.90. The Morgan fingerprint density at radius 2 is 1.83 bits per heavy atom. The smallest absolute Gasteiger partial charge is 0.140 e. The van der Waals surface area contributed by atoms with E-state index in [1.54, 1.807) is 6.20 Å². The number of hydrogen-bond donors (Lipinski definition) is 1. The van der Waals surface area contributed by atoms with Crippen LogP contribution in [0.2, 0.25) is 10.0 Å². The average Bonchev–Trinajstić information content (AvgIpc) is 2.34. The number of benzene rings is 1. The summed E-state index contributed by atoms with van der Waals surface area (Å²) in [7, 11) is 0. The van der Waals surface area contributed by atoms with Gasteiger partial charge in [-0.15, -0.1) is 0 Å². The number of rotatable bonds is 4. The Hall–Kier alpha value is -0.770. The van der Waals surface area contributed by atoms with E-state index in [4.69, 9.17) is 23.2 Å². The van der Waals surface area contributed by atoms with Crippen LogP contribution in [0.3, 0.4) is 0 Å². The summed E-state index contributed by atoms with van der Waals surface area (Å²) in [6.45, 7) is 0.800. The number of aromatic nitrogens is 1. The molecule has 1 N–H and O–H groups in total. The van der Waals surface area contributed by atoms with Crippen molar-refractivity contribution in [3.63, 3.8) is 0 Å². The predicted molar refractivity (Wildman–Crippen MR) is 80.6 cm³/mol. The van der Waals surface area contributed by atoms with E-state index in [2.05, 4.69) is 26.2 Å². The van der Waals surface area contributed by atoms with Gasteiger partial charge in [0, 0.05) is 17.8 Å². The Morgan fingerprint density at radius 1 is 1.11 bits per heavy atom. The molecule has 0 fully saturated rings. The van der Waals surface area contributed by atoms with Crippen molar-refractivity contribution in [2.45, 2.75) is 6.42 Å². The SMILES string of the molecule is Clc1ccc(CCNc2ncc(Cl)cc2Br)cc1. The molecule has 2 rings (SSSR count). The second-order valence-corrected chi connectivity index (χ2v) is 5.51. The minimum absolute atomic E-state index is 0.616. The number of halogens is 3. The highest BCUT2D eigenvalue weighted by atomic mass is 79.9. The van der Waals surface area contributed by atoms with Gasteiger partial charge in [-0.3, -0.25) is 0 Å². The molecule has 0 aliphatic heterocycles. The monoisotopic (exact) mass is 344 g/mol. The molecule has 1 aromatic heterocycles. The van der Waals surface area contributed by atoms with Gasteiger partial charge in [-0.2, -0.15) is 0 Å². The van der Waals surface area contributed by atoms with Crippen molar-refractivity contribution >= 4 is 44.9 Å². The summed E-state index contributed by atoms with van der Waals surface area (Å²) in [6.07, 6.45) is 2.53. The molecule has 0 saturated heterocycles. The van der Waals surface area contributed by atoms with Gasteiger partial charge in [0.15, 0.2) is 0 Å². The summed E-state index contributed by atoms with van der Waals surface area (Å²) < 4.78 is 0.867. The van der Waals surface area contributed by atoms with Crippen LogP contribution in [0.4, 0.5) is 5.82 Å². The third-order valence-electron chi connectivity index (χ3n) is 2.43. The van der Waals surface area contributed by atoms with Crippen molar-refractivity contribution in [3.8, 4) is 0 Å². The fourth-order valence-corrected chi connectivity index (χ4v) is 2.43. The summed E-state index contributed by atoms with van der Waals surface area (Å²) in [4.78, 5) is 4.21. The van der Waals surface area contributed by atoms with Gasteiger partial charge in [0.1, 0.15) is 5.82 Å². The van der Waals surface area contributed by atoms with E-state index in [1.165, 1.54) is 5.56 Å². The van der Waals surface area contributed by atoms with Gasteiger partial charge in [-0.25, -0.2) is 4.98 Å². The maximum absolute atomic E-state index is 5.83. The molecule has 18 heavy (non-hydrogen) atoms. The molecule has 1 heterocycles. The van der Waals surface area contributed by atoms with Gasteiger partial charge in [0.2, 0.25) is 0 Å². The quantitative estimate of drug-likeness (QED) is 0.860. The normalized spacial score (nSPS) is 10.4. The number of nitrogens with one attached hydrogen (secondary N) is 1. The van der Waals surface area contributed by atoms with Crippen LogP contribution in [0.25, 0.3) is 0 Å². The number of hydrogen-bond acceptors (Lipinski definition) is 2. The molecule has 1 aromatic carbocycles. The molecule has 0 aliphatic carbocycles. The Labute approximate surface area is 124 Å². The van der Waals surface area contributed by atoms with E-state index < -0.39 is 0 Å². The molecule has 2 nitrogen and oxygen atoms in total. The number of anilines is 1. The molecule has 0 radical (unpaired) electrons. The maximum atomic E-state index is 5.83. The molecule has 0 bridgehead atoms. The molecule has 2 aromatic rings. The largest absolute Gasteiger partial charge is 0.369 e. The zero-order valence-corrected chi connectivity index (χ0v) is 12.6. The van der Waals surface area contributed by atoms with E-state index in [0.29, 0.717) is 5.02 Å². The second-order valence-electron chi connectivity index (χ2n) is 3.79. The van der Waals surface area contributed by atoms with Gasteiger partial charge >= 0.3 is 0 Å². The fraction of sp³-hybridized carbons (Fsp3) is 0.154. The molecule has 0 spiro atoms. The fourth-order valence-electron chi connectivity index (χ4n) is 1.52. The molecular weight excluding hydrogens is 335 g/mol. The topological polar surface area (TPSA) is 24.9 Å². The first-order chi connectivity index (χ1) is 8.65. The molecule has 5 heteroatoms. The lowest BCUT2D eigenvalue weighted by Crippen LogP contribution is -2.06. The first-order valence-electron chi connectivity index (χ1n) is 5.44. The maximum Gasteiger partial charge on any atom is 0.140 e. The van der Waals surface area contributed by atoms with Crippen LogP contribution in [0.1, 0.15) is 5.56 Å². The number of pyridine rings is 1. The Kier molecular flexibility index (Phi) is 4.87. The third-order valence-corrected chi connectivity index (χ3v) is 3.49. The average molecular weight is 346 g/mol. The van der Waals surface area contributed by atoms with Crippen LogP contribution in [-0.4, -0.2) is 11.5 Å². The van der Waals surface area contributed by atoms with Crippen molar-refractivity contribution in [2.75, 3.05) is 11.9 Å². The first kappa shape index (κ1) is 13.7. The van der Waals surface area contributed by atoms with Crippen LogP contribution in [0.15, 0.2) is 41.0 Å². The summed E-state index contributed by atoms with van der Waals surface area (Å²) in [5.41, 5.74) is 1.23. The van der Waals surface area contributed by atoms with Gasteiger partial charge in [0.25, 0.3) is 0 Å². The van der Waals surface area contributed by atoms with Crippen molar-refractivity contribution in [1.29, 1.82) is 0 Å². The highest BCUT2D eigenvalue weighted by Crippen LogP contribution is 2.23. The zero-order chi connectivity index (χ0) is 13.0. The van der Waals surface area contributed by atoms with Crippen LogP contribution >= 0.6 is 39.1 Å². The lowest BCUT2D eigenvalue weighted by atomic mass is 10.1. The van der Waals surface area contributed by atoms with E-state index >= 15 is 0 Å². The molecule has 0 saturated carbocycles. The second kappa shape index (κ2) is 6.41. The van der Waals surface area contributed by atoms with Gasteiger partial charge in [0.05, 0.1) is 9.50 Å². The molecule has 0 unspecified atom stereocenters. The van der Waals surface area contributed by atoms with Crippen LogP contribution in [0, 0.1) is 0 Å². The number of nitrogens with zero attached hydrogens (tertiary/aromatic N) is 1. The van der Waals surface area contributed by atoms with Crippen LogP contribution in [-0.2, 0) is 6.42 Å². The molecule has 94 valence electrons. The first-order valence-corrected chi connectivity index (χ1v) is 6.99.